The fourth-order valence-corrected chi connectivity index (χ4v) is 2.15. The van der Waals surface area contributed by atoms with E-state index in [2.05, 4.69) is 26.5 Å². The molecular weight excluding hydrogens is 340 g/mol. The van der Waals surface area contributed by atoms with Gasteiger partial charge in [0.1, 0.15) is 0 Å². The van der Waals surface area contributed by atoms with Gasteiger partial charge in [-0.15, -0.1) is 0 Å². The van der Waals surface area contributed by atoms with Crippen LogP contribution in [0.3, 0.4) is 0 Å². The van der Waals surface area contributed by atoms with E-state index in [0.717, 1.165) is 10.0 Å². The molecule has 102 valence electrons. The molecule has 0 saturated carbocycles. The second-order valence-corrected chi connectivity index (χ2v) is 5.45. The SMILES string of the molecule is C/C(=N\NC(=O)c1ccc(Br)cc1)c1ccccc1Cl. The van der Waals surface area contributed by atoms with E-state index in [1.165, 1.54) is 0 Å². The molecule has 0 bridgehead atoms. The number of nitrogens with one attached hydrogen (secondary N) is 1. The monoisotopic (exact) mass is 350 g/mol. The highest BCUT2D eigenvalue weighted by Gasteiger charge is 2.06. The van der Waals surface area contributed by atoms with Gasteiger partial charge in [0.15, 0.2) is 0 Å². The van der Waals surface area contributed by atoms with Crippen LogP contribution in [0.25, 0.3) is 0 Å². The van der Waals surface area contributed by atoms with Gasteiger partial charge in [-0.25, -0.2) is 5.43 Å². The zero-order chi connectivity index (χ0) is 14.5. The lowest BCUT2D eigenvalue weighted by Crippen LogP contribution is -2.19. The summed E-state index contributed by atoms with van der Waals surface area (Å²) in [5, 5.41) is 4.68. The Morgan fingerprint density at radius 2 is 1.80 bits per heavy atom. The summed E-state index contributed by atoms with van der Waals surface area (Å²) in [5.41, 5.74) is 4.51. The van der Waals surface area contributed by atoms with Crippen molar-refractivity contribution in [3.05, 3.63) is 69.2 Å². The third-order valence-electron chi connectivity index (χ3n) is 2.70. The number of carbonyl (C=O) groups is 1. The fraction of sp³-hybridized carbons (Fsp3) is 0.0667. The van der Waals surface area contributed by atoms with Gasteiger partial charge in [0, 0.05) is 20.6 Å². The maximum Gasteiger partial charge on any atom is 0.271 e. The van der Waals surface area contributed by atoms with E-state index in [9.17, 15) is 4.79 Å². The van der Waals surface area contributed by atoms with Crippen LogP contribution in [0.15, 0.2) is 58.1 Å². The van der Waals surface area contributed by atoms with Crippen molar-refractivity contribution in [1.82, 2.24) is 5.43 Å². The number of benzene rings is 2. The molecule has 2 rings (SSSR count). The third-order valence-corrected chi connectivity index (χ3v) is 3.55. The third kappa shape index (κ3) is 3.68. The molecule has 0 atom stereocenters. The van der Waals surface area contributed by atoms with E-state index in [1.54, 1.807) is 37.3 Å². The van der Waals surface area contributed by atoms with Crippen molar-refractivity contribution in [1.29, 1.82) is 0 Å². The number of nitrogens with zero attached hydrogens (tertiary/aromatic N) is 1. The molecule has 0 aliphatic rings. The van der Waals surface area contributed by atoms with Crippen LogP contribution < -0.4 is 5.43 Å². The topological polar surface area (TPSA) is 41.5 Å². The van der Waals surface area contributed by atoms with Crippen molar-refractivity contribution < 1.29 is 4.79 Å². The van der Waals surface area contributed by atoms with Crippen molar-refractivity contribution >= 4 is 39.1 Å². The summed E-state index contributed by atoms with van der Waals surface area (Å²) in [7, 11) is 0. The molecule has 2 aromatic rings. The predicted molar refractivity (Wildman–Crippen MR) is 85.3 cm³/mol. The van der Waals surface area contributed by atoms with E-state index in [0.29, 0.717) is 16.3 Å². The number of amides is 1. The molecule has 0 aliphatic heterocycles. The van der Waals surface area contributed by atoms with E-state index >= 15 is 0 Å². The molecule has 1 N–H and O–H groups in total. The first-order valence-electron chi connectivity index (χ1n) is 5.93. The standard InChI is InChI=1S/C15H12BrClN2O/c1-10(13-4-2-3-5-14(13)17)18-19-15(20)11-6-8-12(16)9-7-11/h2-9H,1H3,(H,19,20)/b18-10+. The quantitative estimate of drug-likeness (QED) is 0.651. The van der Waals surface area contributed by atoms with Crippen LogP contribution in [0.4, 0.5) is 0 Å². The van der Waals surface area contributed by atoms with E-state index < -0.39 is 0 Å². The van der Waals surface area contributed by atoms with E-state index in [4.69, 9.17) is 11.6 Å². The Morgan fingerprint density at radius 3 is 2.45 bits per heavy atom. The number of rotatable bonds is 3. The Morgan fingerprint density at radius 1 is 1.15 bits per heavy atom. The number of carbonyl (C=O) groups excluding carboxylic acids is 1. The van der Waals surface area contributed by atoms with Crippen LogP contribution in [0.2, 0.25) is 5.02 Å². The van der Waals surface area contributed by atoms with Gasteiger partial charge >= 0.3 is 0 Å². The van der Waals surface area contributed by atoms with Crippen molar-refractivity contribution in [2.24, 2.45) is 5.10 Å². The van der Waals surface area contributed by atoms with Gasteiger partial charge in [-0.2, -0.15) is 5.10 Å². The minimum atomic E-state index is -0.260. The van der Waals surface area contributed by atoms with Crippen LogP contribution in [0.1, 0.15) is 22.8 Å². The molecule has 0 spiro atoms. The molecular formula is C15H12BrClN2O. The van der Waals surface area contributed by atoms with Crippen molar-refractivity contribution in [3.63, 3.8) is 0 Å². The summed E-state index contributed by atoms with van der Waals surface area (Å²) in [6.45, 7) is 1.79. The minimum absolute atomic E-state index is 0.260. The molecule has 2 aromatic carbocycles. The molecule has 5 heteroatoms. The highest BCUT2D eigenvalue weighted by atomic mass is 79.9. The number of hydrogen-bond donors (Lipinski definition) is 1. The van der Waals surface area contributed by atoms with Gasteiger partial charge in [0.05, 0.1) is 5.71 Å². The molecule has 20 heavy (non-hydrogen) atoms. The zero-order valence-corrected chi connectivity index (χ0v) is 13.1. The Bertz CT molecular complexity index is 653. The fourth-order valence-electron chi connectivity index (χ4n) is 1.62. The molecule has 0 aromatic heterocycles. The summed E-state index contributed by atoms with van der Waals surface area (Å²) in [6.07, 6.45) is 0. The van der Waals surface area contributed by atoms with Gasteiger partial charge in [-0.05, 0) is 37.3 Å². The summed E-state index contributed by atoms with van der Waals surface area (Å²) >= 11 is 9.39. The molecule has 3 nitrogen and oxygen atoms in total. The van der Waals surface area contributed by atoms with Crippen LogP contribution >= 0.6 is 27.5 Å². The summed E-state index contributed by atoms with van der Waals surface area (Å²) < 4.78 is 0.921. The maximum atomic E-state index is 11.9. The molecule has 1 amide bonds. The van der Waals surface area contributed by atoms with Crippen molar-refractivity contribution in [2.45, 2.75) is 6.92 Å². The van der Waals surface area contributed by atoms with Gasteiger partial charge < -0.3 is 0 Å². The lowest BCUT2D eigenvalue weighted by Gasteiger charge is -2.04. The summed E-state index contributed by atoms with van der Waals surface area (Å²) in [4.78, 5) is 11.9. The molecule has 0 radical (unpaired) electrons. The van der Waals surface area contributed by atoms with E-state index in [-0.39, 0.29) is 5.91 Å². The Kier molecular flexibility index (Phi) is 4.93. The van der Waals surface area contributed by atoms with Gasteiger partial charge in [0.25, 0.3) is 5.91 Å². The first-order chi connectivity index (χ1) is 9.58. The van der Waals surface area contributed by atoms with Crippen LogP contribution in [0, 0.1) is 0 Å². The molecule has 0 saturated heterocycles. The highest BCUT2D eigenvalue weighted by molar-refractivity contribution is 9.10. The van der Waals surface area contributed by atoms with Crippen LogP contribution in [-0.4, -0.2) is 11.6 Å². The number of hydrogen-bond acceptors (Lipinski definition) is 2. The van der Waals surface area contributed by atoms with Gasteiger partial charge in [0.2, 0.25) is 0 Å². The average Bonchev–Trinajstić information content (AvgIpc) is 2.45. The van der Waals surface area contributed by atoms with Crippen molar-refractivity contribution in [2.75, 3.05) is 0 Å². The normalized spacial score (nSPS) is 11.2. The first kappa shape index (κ1) is 14.8. The summed E-state index contributed by atoms with van der Waals surface area (Å²) in [5.74, 6) is -0.260. The van der Waals surface area contributed by atoms with Crippen molar-refractivity contribution in [3.8, 4) is 0 Å². The zero-order valence-electron chi connectivity index (χ0n) is 10.7. The molecule has 0 unspecified atom stereocenters. The smallest absolute Gasteiger partial charge is 0.267 e. The second kappa shape index (κ2) is 6.68. The number of hydrazone groups is 1. The maximum absolute atomic E-state index is 11.9. The summed E-state index contributed by atoms with van der Waals surface area (Å²) in [6, 6.07) is 14.4. The number of halogens is 2. The first-order valence-corrected chi connectivity index (χ1v) is 7.10. The van der Waals surface area contributed by atoms with E-state index in [1.807, 2.05) is 18.2 Å². The molecule has 0 fully saturated rings. The second-order valence-electron chi connectivity index (χ2n) is 4.12. The lowest BCUT2D eigenvalue weighted by molar-refractivity contribution is 0.0955. The average molecular weight is 352 g/mol. The minimum Gasteiger partial charge on any atom is -0.267 e. The lowest BCUT2D eigenvalue weighted by atomic mass is 10.1. The van der Waals surface area contributed by atoms with Gasteiger partial charge in [-0.1, -0.05) is 45.7 Å². The Labute approximate surface area is 130 Å². The Balaban J connectivity index is 2.11. The van der Waals surface area contributed by atoms with Crippen LogP contribution in [0.5, 0.6) is 0 Å². The van der Waals surface area contributed by atoms with Crippen LogP contribution in [-0.2, 0) is 0 Å². The highest BCUT2D eigenvalue weighted by Crippen LogP contribution is 2.15. The molecule has 0 heterocycles. The largest absolute Gasteiger partial charge is 0.271 e. The van der Waals surface area contributed by atoms with Gasteiger partial charge in [-0.3, -0.25) is 4.79 Å². The Hall–Kier alpha value is -1.65. The predicted octanol–water partition coefficient (Wildman–Crippen LogP) is 4.26. The molecule has 0 aliphatic carbocycles.